The van der Waals surface area contributed by atoms with Crippen molar-refractivity contribution >= 4 is 11.9 Å². The van der Waals surface area contributed by atoms with Gasteiger partial charge in [-0.25, -0.2) is 4.79 Å². The molecular formula is C20H30N4O2. The van der Waals surface area contributed by atoms with Gasteiger partial charge in [0.15, 0.2) is 0 Å². The van der Waals surface area contributed by atoms with Crippen LogP contribution in [0.4, 0.5) is 4.79 Å². The van der Waals surface area contributed by atoms with E-state index in [1.807, 2.05) is 47.2 Å². The Morgan fingerprint density at radius 3 is 2.35 bits per heavy atom. The quantitative estimate of drug-likeness (QED) is 0.892. The molecule has 142 valence electrons. The van der Waals surface area contributed by atoms with Crippen LogP contribution in [0.15, 0.2) is 30.3 Å². The van der Waals surface area contributed by atoms with Crippen LogP contribution >= 0.6 is 0 Å². The summed E-state index contributed by atoms with van der Waals surface area (Å²) in [5.74, 6) is 0.757. The number of piperidine rings is 1. The van der Waals surface area contributed by atoms with E-state index in [1.54, 1.807) is 4.90 Å². The fourth-order valence-electron chi connectivity index (χ4n) is 3.97. The van der Waals surface area contributed by atoms with Gasteiger partial charge in [-0.2, -0.15) is 0 Å². The molecule has 2 saturated heterocycles. The minimum absolute atomic E-state index is 0.0455. The lowest BCUT2D eigenvalue weighted by molar-refractivity contribution is -0.135. The second-order valence-electron chi connectivity index (χ2n) is 7.56. The van der Waals surface area contributed by atoms with Gasteiger partial charge < -0.3 is 20.4 Å². The van der Waals surface area contributed by atoms with Crippen molar-refractivity contribution in [3.63, 3.8) is 0 Å². The Kier molecular flexibility index (Phi) is 6.14. The SMILES string of the molecule is CN(Cc1ccccc1)C(=O)N1CCC(C(=O)N2CCC(CN)C2)CC1. The molecule has 0 aromatic heterocycles. The number of carbonyl (C=O) groups excluding carboxylic acids is 2. The first-order chi connectivity index (χ1) is 12.6. The minimum Gasteiger partial charge on any atom is -0.342 e. The smallest absolute Gasteiger partial charge is 0.320 e. The minimum atomic E-state index is 0.0455. The summed E-state index contributed by atoms with van der Waals surface area (Å²) in [5.41, 5.74) is 6.84. The van der Waals surface area contributed by atoms with Crippen LogP contribution in [0.25, 0.3) is 0 Å². The van der Waals surface area contributed by atoms with Crippen LogP contribution in [0.3, 0.4) is 0 Å². The number of nitrogens with two attached hydrogens (primary N) is 1. The Bertz CT molecular complexity index is 613. The fourth-order valence-corrected chi connectivity index (χ4v) is 3.97. The van der Waals surface area contributed by atoms with Gasteiger partial charge >= 0.3 is 6.03 Å². The van der Waals surface area contributed by atoms with Gasteiger partial charge in [0, 0.05) is 45.7 Å². The second kappa shape index (κ2) is 8.54. The third kappa shape index (κ3) is 4.36. The van der Waals surface area contributed by atoms with E-state index in [1.165, 1.54) is 0 Å². The molecule has 1 aromatic rings. The van der Waals surface area contributed by atoms with Crippen LogP contribution in [-0.2, 0) is 11.3 Å². The van der Waals surface area contributed by atoms with E-state index in [2.05, 4.69) is 0 Å². The molecular weight excluding hydrogens is 328 g/mol. The standard InChI is InChI=1S/C20H30N4O2/c1-22(14-16-5-3-2-4-6-16)20(26)23-11-8-18(9-12-23)19(25)24-10-7-17(13-21)15-24/h2-6,17-18H,7-15,21H2,1H3. The van der Waals surface area contributed by atoms with Gasteiger partial charge in [-0.15, -0.1) is 0 Å². The highest BCUT2D eigenvalue weighted by molar-refractivity contribution is 5.80. The predicted molar refractivity (Wildman–Crippen MR) is 101 cm³/mol. The summed E-state index contributed by atoms with van der Waals surface area (Å²) in [4.78, 5) is 30.9. The number of benzene rings is 1. The van der Waals surface area contributed by atoms with Gasteiger partial charge in [-0.1, -0.05) is 30.3 Å². The first-order valence-electron chi connectivity index (χ1n) is 9.61. The molecule has 2 heterocycles. The predicted octanol–water partition coefficient (Wildman–Crippen LogP) is 1.76. The van der Waals surface area contributed by atoms with Gasteiger partial charge in [-0.05, 0) is 37.3 Å². The summed E-state index contributed by atoms with van der Waals surface area (Å²) in [5, 5.41) is 0. The van der Waals surface area contributed by atoms with Crippen molar-refractivity contribution in [3.05, 3.63) is 35.9 Å². The maximum absolute atomic E-state index is 12.7. The maximum atomic E-state index is 12.7. The highest BCUT2D eigenvalue weighted by Crippen LogP contribution is 2.24. The molecule has 2 aliphatic rings. The first-order valence-corrected chi connectivity index (χ1v) is 9.61. The molecule has 0 spiro atoms. The normalized spacial score (nSPS) is 21.1. The van der Waals surface area contributed by atoms with Crippen molar-refractivity contribution < 1.29 is 9.59 Å². The van der Waals surface area contributed by atoms with Crippen LogP contribution in [0.5, 0.6) is 0 Å². The van der Waals surface area contributed by atoms with Gasteiger partial charge in [0.05, 0.1) is 0 Å². The molecule has 2 aliphatic heterocycles. The molecule has 0 bridgehead atoms. The summed E-state index contributed by atoms with van der Waals surface area (Å²) in [6, 6.07) is 10.0. The van der Waals surface area contributed by atoms with E-state index in [0.29, 0.717) is 32.1 Å². The molecule has 26 heavy (non-hydrogen) atoms. The molecule has 2 N–H and O–H groups in total. The number of carbonyl (C=O) groups is 2. The summed E-state index contributed by atoms with van der Waals surface area (Å²) < 4.78 is 0. The average Bonchev–Trinajstić information content (AvgIpc) is 3.17. The van der Waals surface area contributed by atoms with Crippen LogP contribution in [0, 0.1) is 11.8 Å². The van der Waals surface area contributed by atoms with Crippen LogP contribution in [-0.4, -0.2) is 66.4 Å². The first kappa shape index (κ1) is 18.7. The van der Waals surface area contributed by atoms with Gasteiger partial charge in [0.2, 0.25) is 5.91 Å². The van der Waals surface area contributed by atoms with Gasteiger partial charge in [0.1, 0.15) is 0 Å². The van der Waals surface area contributed by atoms with Crippen molar-refractivity contribution in [1.82, 2.24) is 14.7 Å². The van der Waals surface area contributed by atoms with Crippen molar-refractivity contribution in [2.75, 3.05) is 39.8 Å². The van der Waals surface area contributed by atoms with Crippen molar-refractivity contribution in [1.29, 1.82) is 0 Å². The molecule has 2 fully saturated rings. The molecule has 1 aromatic carbocycles. The molecule has 6 nitrogen and oxygen atoms in total. The van der Waals surface area contributed by atoms with Crippen LogP contribution in [0.1, 0.15) is 24.8 Å². The number of rotatable bonds is 4. The Balaban J connectivity index is 1.47. The highest BCUT2D eigenvalue weighted by Gasteiger charge is 2.33. The number of hydrogen-bond donors (Lipinski definition) is 1. The zero-order valence-corrected chi connectivity index (χ0v) is 15.6. The largest absolute Gasteiger partial charge is 0.342 e. The zero-order chi connectivity index (χ0) is 18.5. The summed E-state index contributed by atoms with van der Waals surface area (Å²) >= 11 is 0. The van der Waals surface area contributed by atoms with Gasteiger partial charge in [-0.3, -0.25) is 4.79 Å². The molecule has 0 aliphatic carbocycles. The zero-order valence-electron chi connectivity index (χ0n) is 15.6. The highest BCUT2D eigenvalue weighted by atomic mass is 16.2. The van der Waals surface area contributed by atoms with Crippen molar-refractivity contribution in [3.8, 4) is 0 Å². The topological polar surface area (TPSA) is 69.9 Å². The van der Waals surface area contributed by atoms with Crippen molar-refractivity contribution in [2.45, 2.75) is 25.8 Å². The Hall–Kier alpha value is -2.08. The van der Waals surface area contributed by atoms with E-state index in [4.69, 9.17) is 5.73 Å². The molecule has 1 unspecified atom stereocenters. The van der Waals surface area contributed by atoms with E-state index < -0.39 is 0 Å². The summed E-state index contributed by atoms with van der Waals surface area (Å²) in [6.07, 6.45) is 2.53. The van der Waals surface area contributed by atoms with E-state index >= 15 is 0 Å². The van der Waals surface area contributed by atoms with Crippen LogP contribution in [0.2, 0.25) is 0 Å². The molecule has 0 saturated carbocycles. The second-order valence-corrected chi connectivity index (χ2v) is 7.56. The lowest BCUT2D eigenvalue weighted by Gasteiger charge is -2.35. The third-order valence-corrected chi connectivity index (χ3v) is 5.63. The maximum Gasteiger partial charge on any atom is 0.320 e. The van der Waals surface area contributed by atoms with Gasteiger partial charge in [0.25, 0.3) is 0 Å². The number of amides is 3. The summed E-state index contributed by atoms with van der Waals surface area (Å²) in [6.45, 7) is 4.20. The molecule has 6 heteroatoms. The molecule has 3 amide bonds. The molecule has 0 radical (unpaired) electrons. The van der Waals surface area contributed by atoms with E-state index in [0.717, 1.165) is 37.9 Å². The lowest BCUT2D eigenvalue weighted by atomic mass is 9.95. The molecule has 3 rings (SSSR count). The monoisotopic (exact) mass is 358 g/mol. The number of likely N-dealkylation sites (tertiary alicyclic amines) is 2. The van der Waals surface area contributed by atoms with Crippen LogP contribution < -0.4 is 5.73 Å². The Morgan fingerprint density at radius 2 is 1.73 bits per heavy atom. The van der Waals surface area contributed by atoms with E-state index in [-0.39, 0.29) is 17.9 Å². The number of nitrogens with zero attached hydrogens (tertiary/aromatic N) is 3. The number of urea groups is 1. The third-order valence-electron chi connectivity index (χ3n) is 5.63. The fraction of sp³-hybridized carbons (Fsp3) is 0.600. The number of hydrogen-bond acceptors (Lipinski definition) is 3. The summed E-state index contributed by atoms with van der Waals surface area (Å²) in [7, 11) is 1.84. The van der Waals surface area contributed by atoms with E-state index in [9.17, 15) is 9.59 Å². The Labute approximate surface area is 155 Å². The van der Waals surface area contributed by atoms with Crippen molar-refractivity contribution in [2.24, 2.45) is 17.6 Å². The molecule has 1 atom stereocenters. The lowest BCUT2D eigenvalue weighted by Crippen LogP contribution is -2.47. The Morgan fingerprint density at radius 1 is 1.08 bits per heavy atom. The average molecular weight is 358 g/mol.